The molecule has 2 aliphatic rings. The number of hydrogen-bond donors (Lipinski definition) is 1. The molecule has 1 N–H and O–H groups in total. The maximum Gasteiger partial charge on any atom is 0.407 e. The second-order valence-electron chi connectivity index (χ2n) is 5.32. The van der Waals surface area contributed by atoms with Crippen molar-refractivity contribution in [2.75, 3.05) is 19.6 Å². The van der Waals surface area contributed by atoms with Crippen LogP contribution in [0.4, 0.5) is 4.79 Å². The molecule has 0 aromatic carbocycles. The Hall–Kier alpha value is -1.56. The highest BCUT2D eigenvalue weighted by Gasteiger charge is 2.35. The van der Waals surface area contributed by atoms with Crippen LogP contribution in [0.2, 0.25) is 0 Å². The quantitative estimate of drug-likeness (QED) is 0.885. The standard InChI is InChI=1S/C13H19N3O3/c17-13(18)15-7-3-10(4-8-15)16-6-1-2-12(16)11-5-9-19-14-11/h5,9-10,12H,1-4,6-8H2,(H,17,18). The summed E-state index contributed by atoms with van der Waals surface area (Å²) in [6.45, 7) is 2.36. The summed E-state index contributed by atoms with van der Waals surface area (Å²) in [7, 11) is 0. The fraction of sp³-hybridized carbons (Fsp3) is 0.692. The molecule has 1 atom stereocenters. The molecule has 2 fully saturated rings. The third-order valence-electron chi connectivity index (χ3n) is 4.30. The molecule has 1 unspecified atom stereocenters. The lowest BCUT2D eigenvalue weighted by molar-refractivity contribution is 0.0872. The molecule has 1 aromatic heterocycles. The van der Waals surface area contributed by atoms with Crippen LogP contribution in [0.5, 0.6) is 0 Å². The van der Waals surface area contributed by atoms with E-state index >= 15 is 0 Å². The molecule has 1 aromatic rings. The highest BCUT2D eigenvalue weighted by atomic mass is 16.5. The van der Waals surface area contributed by atoms with E-state index in [1.54, 1.807) is 6.26 Å². The summed E-state index contributed by atoms with van der Waals surface area (Å²) in [4.78, 5) is 14.9. The van der Waals surface area contributed by atoms with E-state index < -0.39 is 6.09 Å². The number of hydrogen-bond acceptors (Lipinski definition) is 4. The molecular formula is C13H19N3O3. The second-order valence-corrected chi connectivity index (χ2v) is 5.32. The van der Waals surface area contributed by atoms with E-state index in [1.165, 1.54) is 11.3 Å². The Morgan fingerprint density at radius 3 is 2.74 bits per heavy atom. The molecule has 3 rings (SSSR count). The van der Waals surface area contributed by atoms with Gasteiger partial charge in [-0.2, -0.15) is 0 Å². The van der Waals surface area contributed by atoms with Crippen molar-refractivity contribution in [1.82, 2.24) is 15.0 Å². The normalized spacial score (nSPS) is 25.9. The van der Waals surface area contributed by atoms with Crippen LogP contribution in [0.25, 0.3) is 0 Å². The van der Waals surface area contributed by atoms with Crippen LogP contribution >= 0.6 is 0 Å². The van der Waals surface area contributed by atoms with Crippen LogP contribution in [-0.2, 0) is 0 Å². The van der Waals surface area contributed by atoms with Gasteiger partial charge in [0.05, 0.1) is 6.04 Å². The molecule has 0 saturated carbocycles. The summed E-state index contributed by atoms with van der Waals surface area (Å²) in [5, 5.41) is 13.0. The number of piperidine rings is 1. The molecular weight excluding hydrogens is 246 g/mol. The summed E-state index contributed by atoms with van der Waals surface area (Å²) < 4.78 is 4.95. The number of likely N-dealkylation sites (tertiary alicyclic amines) is 2. The van der Waals surface area contributed by atoms with E-state index in [9.17, 15) is 4.79 Å². The van der Waals surface area contributed by atoms with Crippen molar-refractivity contribution >= 4 is 6.09 Å². The molecule has 0 bridgehead atoms. The van der Waals surface area contributed by atoms with Gasteiger partial charge in [0, 0.05) is 25.2 Å². The zero-order valence-corrected chi connectivity index (χ0v) is 10.9. The average molecular weight is 265 g/mol. The Bertz CT molecular complexity index is 426. The summed E-state index contributed by atoms with van der Waals surface area (Å²) in [6.07, 6.45) is 4.95. The molecule has 2 aliphatic heterocycles. The van der Waals surface area contributed by atoms with Gasteiger partial charge in [-0.05, 0) is 32.2 Å². The summed E-state index contributed by atoms with van der Waals surface area (Å²) in [5.41, 5.74) is 1.01. The maximum absolute atomic E-state index is 10.9. The van der Waals surface area contributed by atoms with Gasteiger partial charge in [0.2, 0.25) is 0 Å². The highest BCUT2D eigenvalue weighted by Crippen LogP contribution is 2.35. The number of amides is 1. The van der Waals surface area contributed by atoms with Crippen molar-refractivity contribution < 1.29 is 14.4 Å². The maximum atomic E-state index is 10.9. The van der Waals surface area contributed by atoms with Crippen LogP contribution in [-0.4, -0.2) is 51.8 Å². The number of rotatable bonds is 2. The Morgan fingerprint density at radius 2 is 2.11 bits per heavy atom. The van der Waals surface area contributed by atoms with Gasteiger partial charge >= 0.3 is 6.09 Å². The van der Waals surface area contributed by atoms with Gasteiger partial charge < -0.3 is 14.5 Å². The zero-order valence-electron chi connectivity index (χ0n) is 10.9. The van der Waals surface area contributed by atoms with Gasteiger partial charge in [0.1, 0.15) is 12.0 Å². The summed E-state index contributed by atoms with van der Waals surface area (Å²) in [6, 6.07) is 2.76. The first-order valence-corrected chi connectivity index (χ1v) is 6.89. The lowest BCUT2D eigenvalue weighted by atomic mass is 10.0. The van der Waals surface area contributed by atoms with E-state index in [2.05, 4.69) is 10.1 Å². The smallest absolute Gasteiger partial charge is 0.407 e. The Balaban J connectivity index is 1.64. The lowest BCUT2D eigenvalue weighted by Gasteiger charge is -2.38. The minimum absolute atomic E-state index is 0.347. The molecule has 0 radical (unpaired) electrons. The van der Waals surface area contributed by atoms with E-state index in [-0.39, 0.29) is 0 Å². The van der Waals surface area contributed by atoms with Crippen LogP contribution in [0.1, 0.15) is 37.4 Å². The minimum atomic E-state index is -0.798. The SMILES string of the molecule is O=C(O)N1CCC(N2CCCC2c2ccon2)CC1. The van der Waals surface area contributed by atoms with Gasteiger partial charge in [-0.1, -0.05) is 5.16 Å². The first-order valence-electron chi connectivity index (χ1n) is 6.89. The summed E-state index contributed by atoms with van der Waals surface area (Å²) in [5.74, 6) is 0. The molecule has 3 heterocycles. The Labute approximate surface area is 112 Å². The number of carboxylic acid groups (broad SMARTS) is 1. The van der Waals surface area contributed by atoms with Crippen LogP contribution in [0.15, 0.2) is 16.9 Å². The largest absolute Gasteiger partial charge is 0.465 e. The predicted octanol–water partition coefficient (Wildman–Crippen LogP) is 1.95. The highest BCUT2D eigenvalue weighted by molar-refractivity contribution is 5.65. The van der Waals surface area contributed by atoms with Crippen molar-refractivity contribution in [3.63, 3.8) is 0 Å². The molecule has 19 heavy (non-hydrogen) atoms. The fourth-order valence-corrected chi connectivity index (χ4v) is 3.33. The van der Waals surface area contributed by atoms with E-state index in [1.807, 2.05) is 6.07 Å². The van der Waals surface area contributed by atoms with E-state index in [0.29, 0.717) is 25.2 Å². The van der Waals surface area contributed by atoms with Gasteiger partial charge in [0.15, 0.2) is 0 Å². The molecule has 6 nitrogen and oxygen atoms in total. The van der Waals surface area contributed by atoms with Gasteiger partial charge in [-0.25, -0.2) is 4.79 Å². The molecule has 6 heteroatoms. The Morgan fingerprint density at radius 1 is 1.32 bits per heavy atom. The van der Waals surface area contributed by atoms with Gasteiger partial charge in [0.25, 0.3) is 0 Å². The molecule has 104 valence electrons. The first kappa shape index (κ1) is 12.5. The lowest BCUT2D eigenvalue weighted by Crippen LogP contribution is -2.46. The second kappa shape index (κ2) is 5.21. The molecule has 0 aliphatic carbocycles. The van der Waals surface area contributed by atoms with Gasteiger partial charge in [-0.15, -0.1) is 0 Å². The topological polar surface area (TPSA) is 69.8 Å². The van der Waals surface area contributed by atoms with E-state index in [4.69, 9.17) is 9.63 Å². The third-order valence-corrected chi connectivity index (χ3v) is 4.30. The predicted molar refractivity (Wildman–Crippen MR) is 67.8 cm³/mol. The third kappa shape index (κ3) is 2.45. The van der Waals surface area contributed by atoms with Crippen molar-refractivity contribution in [3.8, 4) is 0 Å². The fourth-order valence-electron chi connectivity index (χ4n) is 3.33. The Kier molecular flexibility index (Phi) is 3.42. The van der Waals surface area contributed by atoms with Crippen molar-refractivity contribution in [1.29, 1.82) is 0 Å². The number of aromatic nitrogens is 1. The van der Waals surface area contributed by atoms with Crippen molar-refractivity contribution in [2.24, 2.45) is 0 Å². The molecule has 2 saturated heterocycles. The van der Waals surface area contributed by atoms with Crippen molar-refractivity contribution in [2.45, 2.75) is 37.8 Å². The number of nitrogens with zero attached hydrogens (tertiary/aromatic N) is 3. The average Bonchev–Trinajstić information content (AvgIpc) is 3.09. The van der Waals surface area contributed by atoms with Crippen LogP contribution in [0.3, 0.4) is 0 Å². The molecule has 1 amide bonds. The van der Waals surface area contributed by atoms with Crippen LogP contribution < -0.4 is 0 Å². The van der Waals surface area contributed by atoms with Crippen LogP contribution in [0, 0.1) is 0 Å². The van der Waals surface area contributed by atoms with Gasteiger partial charge in [-0.3, -0.25) is 4.90 Å². The van der Waals surface area contributed by atoms with E-state index in [0.717, 1.165) is 31.5 Å². The number of carbonyl (C=O) groups is 1. The van der Waals surface area contributed by atoms with Crippen molar-refractivity contribution in [3.05, 3.63) is 18.0 Å². The monoisotopic (exact) mass is 265 g/mol. The minimum Gasteiger partial charge on any atom is -0.465 e. The zero-order chi connectivity index (χ0) is 13.2. The molecule has 0 spiro atoms. The summed E-state index contributed by atoms with van der Waals surface area (Å²) >= 11 is 0. The first-order chi connectivity index (χ1) is 9.25.